The number of nitrogens with two attached hydrogens (primary N) is 1. The molecule has 0 saturated heterocycles. The highest BCUT2D eigenvalue weighted by molar-refractivity contribution is 8.05. The summed E-state index contributed by atoms with van der Waals surface area (Å²) in [5.41, 5.74) is 7.09. The van der Waals surface area contributed by atoms with Crippen LogP contribution in [0.1, 0.15) is 13.8 Å². The number of aliphatic imine (C=N–C) groups is 1. The van der Waals surface area contributed by atoms with Crippen molar-refractivity contribution in [2.45, 2.75) is 13.8 Å². The molecule has 0 atom stereocenters. The fourth-order valence-corrected chi connectivity index (χ4v) is 1.15. The van der Waals surface area contributed by atoms with E-state index in [0.29, 0.717) is 16.6 Å². The third-order valence-corrected chi connectivity index (χ3v) is 2.14. The SMILES string of the molecule is C=CSC(=C)N=C/C(=C\C(=C)N)C(C)C. The van der Waals surface area contributed by atoms with Crippen LogP contribution in [0.15, 0.2) is 52.5 Å². The van der Waals surface area contributed by atoms with Crippen LogP contribution in [0, 0.1) is 5.92 Å². The van der Waals surface area contributed by atoms with Crippen LogP contribution in [0.4, 0.5) is 0 Å². The summed E-state index contributed by atoms with van der Waals surface area (Å²) in [6.07, 6.45) is 3.58. The second-order valence-corrected chi connectivity index (χ2v) is 4.35. The molecule has 2 N–H and O–H groups in total. The van der Waals surface area contributed by atoms with E-state index in [4.69, 9.17) is 5.73 Å². The van der Waals surface area contributed by atoms with Gasteiger partial charge in [-0.1, -0.05) is 45.3 Å². The first-order chi connectivity index (χ1) is 6.97. The fraction of sp³-hybridized carbons (Fsp3) is 0.250. The molecule has 3 heteroatoms. The maximum Gasteiger partial charge on any atom is 0.0929 e. The van der Waals surface area contributed by atoms with Gasteiger partial charge < -0.3 is 5.73 Å². The molecule has 0 bridgehead atoms. The zero-order valence-electron chi connectivity index (χ0n) is 9.36. The molecule has 0 fully saturated rings. The normalized spacial score (nSPS) is 12.1. The quantitative estimate of drug-likeness (QED) is 0.552. The minimum Gasteiger partial charge on any atom is -0.399 e. The maximum atomic E-state index is 5.52. The summed E-state index contributed by atoms with van der Waals surface area (Å²) < 4.78 is 0. The highest BCUT2D eigenvalue weighted by Crippen LogP contribution is 2.16. The molecule has 0 heterocycles. The van der Waals surface area contributed by atoms with Gasteiger partial charge in [-0.2, -0.15) is 0 Å². The van der Waals surface area contributed by atoms with E-state index < -0.39 is 0 Å². The van der Waals surface area contributed by atoms with Gasteiger partial charge >= 0.3 is 0 Å². The number of hydrogen-bond acceptors (Lipinski definition) is 3. The first kappa shape index (κ1) is 13.8. The Morgan fingerprint density at radius 3 is 2.40 bits per heavy atom. The zero-order valence-corrected chi connectivity index (χ0v) is 10.2. The second-order valence-electron chi connectivity index (χ2n) is 3.31. The standard InChI is InChI=1S/C12H18N2S/c1-6-15-11(5)14-8-12(9(2)3)7-10(4)13/h6-9H,1,4-5,13H2,2-3H3/b12-7+,14-8?. The number of allylic oxidation sites excluding steroid dienone is 2. The van der Waals surface area contributed by atoms with E-state index in [1.165, 1.54) is 11.8 Å². The predicted octanol–water partition coefficient (Wildman–Crippen LogP) is 3.46. The molecule has 0 aliphatic carbocycles. The summed E-state index contributed by atoms with van der Waals surface area (Å²) in [6.45, 7) is 15.1. The van der Waals surface area contributed by atoms with E-state index in [1.54, 1.807) is 11.6 Å². The molecule has 0 unspecified atom stereocenters. The van der Waals surface area contributed by atoms with Crippen LogP contribution in [0.2, 0.25) is 0 Å². The van der Waals surface area contributed by atoms with Crippen molar-refractivity contribution in [3.8, 4) is 0 Å². The molecular formula is C12H18N2S. The monoisotopic (exact) mass is 222 g/mol. The summed E-state index contributed by atoms with van der Waals surface area (Å²) in [5.74, 6) is 0.357. The zero-order chi connectivity index (χ0) is 11.8. The highest BCUT2D eigenvalue weighted by atomic mass is 32.2. The lowest BCUT2D eigenvalue weighted by Gasteiger charge is -2.05. The summed E-state index contributed by atoms with van der Waals surface area (Å²) >= 11 is 1.39. The van der Waals surface area contributed by atoms with Gasteiger partial charge in [-0.3, -0.25) is 0 Å². The molecule has 0 rings (SSSR count). The van der Waals surface area contributed by atoms with Crippen LogP contribution >= 0.6 is 11.8 Å². The molecule has 82 valence electrons. The lowest BCUT2D eigenvalue weighted by Crippen LogP contribution is -1.99. The van der Waals surface area contributed by atoms with E-state index >= 15 is 0 Å². The summed E-state index contributed by atoms with van der Waals surface area (Å²) in [5, 5.41) is 2.40. The Morgan fingerprint density at radius 2 is 2.00 bits per heavy atom. The fourth-order valence-electron chi connectivity index (χ4n) is 0.840. The van der Waals surface area contributed by atoms with Gasteiger partial charge in [-0.25, -0.2) is 4.99 Å². The lowest BCUT2D eigenvalue weighted by atomic mass is 10.0. The van der Waals surface area contributed by atoms with E-state index in [2.05, 4.69) is 38.6 Å². The summed E-state index contributed by atoms with van der Waals surface area (Å²) in [4.78, 5) is 4.20. The average Bonchev–Trinajstić information content (AvgIpc) is 2.11. The first-order valence-corrected chi connectivity index (χ1v) is 5.51. The third kappa shape index (κ3) is 6.80. The van der Waals surface area contributed by atoms with E-state index in [-0.39, 0.29) is 0 Å². The Labute approximate surface area is 96.4 Å². The van der Waals surface area contributed by atoms with E-state index in [0.717, 1.165) is 5.57 Å². The molecule has 15 heavy (non-hydrogen) atoms. The van der Waals surface area contributed by atoms with Gasteiger partial charge in [0.1, 0.15) is 0 Å². The molecular weight excluding hydrogens is 204 g/mol. The van der Waals surface area contributed by atoms with Crippen molar-refractivity contribution in [3.05, 3.63) is 47.5 Å². The van der Waals surface area contributed by atoms with Crippen LogP contribution in [-0.2, 0) is 0 Å². The number of hydrogen-bond donors (Lipinski definition) is 1. The summed E-state index contributed by atoms with van der Waals surface area (Å²) in [7, 11) is 0. The smallest absolute Gasteiger partial charge is 0.0929 e. The molecule has 0 aromatic carbocycles. The van der Waals surface area contributed by atoms with Crippen LogP contribution in [0.3, 0.4) is 0 Å². The molecule has 0 saturated carbocycles. The van der Waals surface area contributed by atoms with Gasteiger partial charge in [0.15, 0.2) is 0 Å². The molecule has 0 aliphatic heterocycles. The Hall–Kier alpha value is -1.22. The van der Waals surface area contributed by atoms with Crippen molar-refractivity contribution in [1.29, 1.82) is 0 Å². The Kier molecular flexibility index (Phi) is 6.54. The van der Waals surface area contributed by atoms with Crippen LogP contribution < -0.4 is 5.73 Å². The van der Waals surface area contributed by atoms with Crippen LogP contribution in [0.5, 0.6) is 0 Å². The Bertz CT molecular complexity index is 312. The number of nitrogens with zero attached hydrogens (tertiary/aromatic N) is 1. The van der Waals surface area contributed by atoms with Gasteiger partial charge in [0.05, 0.1) is 5.03 Å². The van der Waals surface area contributed by atoms with Gasteiger partial charge in [0.2, 0.25) is 0 Å². The second kappa shape index (κ2) is 7.12. The molecule has 2 nitrogen and oxygen atoms in total. The average molecular weight is 222 g/mol. The van der Waals surface area contributed by atoms with E-state index in [9.17, 15) is 0 Å². The summed E-state index contributed by atoms with van der Waals surface area (Å²) in [6, 6.07) is 0. The van der Waals surface area contributed by atoms with Gasteiger partial charge in [-0.05, 0) is 23.0 Å². The van der Waals surface area contributed by atoms with Crippen molar-refractivity contribution >= 4 is 18.0 Å². The number of rotatable bonds is 6. The topological polar surface area (TPSA) is 38.4 Å². The van der Waals surface area contributed by atoms with Crippen molar-refractivity contribution in [2.75, 3.05) is 0 Å². The lowest BCUT2D eigenvalue weighted by molar-refractivity contribution is 0.805. The van der Waals surface area contributed by atoms with Crippen molar-refractivity contribution in [2.24, 2.45) is 16.6 Å². The highest BCUT2D eigenvalue weighted by Gasteiger charge is 2.00. The molecule has 0 radical (unpaired) electrons. The minimum atomic E-state index is 0.357. The van der Waals surface area contributed by atoms with Crippen LogP contribution in [0.25, 0.3) is 0 Å². The van der Waals surface area contributed by atoms with Crippen molar-refractivity contribution in [3.63, 3.8) is 0 Å². The Balaban J connectivity index is 4.62. The van der Waals surface area contributed by atoms with Crippen molar-refractivity contribution in [1.82, 2.24) is 0 Å². The Morgan fingerprint density at radius 1 is 1.40 bits per heavy atom. The predicted molar refractivity (Wildman–Crippen MR) is 71.7 cm³/mol. The third-order valence-electron chi connectivity index (χ3n) is 1.60. The van der Waals surface area contributed by atoms with Crippen LogP contribution in [-0.4, -0.2) is 6.21 Å². The molecule has 0 spiro atoms. The molecule has 0 aromatic rings. The van der Waals surface area contributed by atoms with Gasteiger partial charge in [0, 0.05) is 11.9 Å². The van der Waals surface area contributed by atoms with Gasteiger partial charge in [0.25, 0.3) is 0 Å². The van der Waals surface area contributed by atoms with Gasteiger partial charge in [-0.15, -0.1) is 0 Å². The molecule has 0 amide bonds. The first-order valence-electron chi connectivity index (χ1n) is 4.64. The maximum absolute atomic E-state index is 5.52. The molecule has 0 aromatic heterocycles. The minimum absolute atomic E-state index is 0.357. The van der Waals surface area contributed by atoms with Crippen molar-refractivity contribution < 1.29 is 0 Å². The number of thioether (sulfide) groups is 1. The van der Waals surface area contributed by atoms with E-state index in [1.807, 2.05) is 6.08 Å². The largest absolute Gasteiger partial charge is 0.399 e. The molecule has 0 aliphatic rings.